The molecular formula is C32H49N5O6. The molecule has 11 nitrogen and oxygen atoms in total. The van der Waals surface area contributed by atoms with Crippen molar-refractivity contribution in [2.75, 3.05) is 6.54 Å². The molecule has 11 heteroatoms. The third-order valence-electron chi connectivity index (χ3n) is 10.7. The van der Waals surface area contributed by atoms with Gasteiger partial charge in [-0.05, 0) is 66.6 Å². The lowest BCUT2D eigenvalue weighted by Gasteiger charge is -2.38. The number of nitrogens with two attached hydrogens (primary N) is 1. The second-order valence-electron chi connectivity index (χ2n) is 15.5. The molecule has 0 aromatic carbocycles. The van der Waals surface area contributed by atoms with Gasteiger partial charge in [0.2, 0.25) is 17.6 Å². The number of fused-ring (bicyclic) bond motifs is 1. The SMILES string of the molecule is CC(C)(C)[C@H](NC(=O)N[C@H](C(=O)C1CC1)C1CCCC1)C(=O)N1C[C@H]2[C@@H]([C@H]1C(=O)NC(CC1CC1)C(=O)C(N)=O)C2(C)C. The van der Waals surface area contributed by atoms with Crippen LogP contribution in [0.25, 0.3) is 0 Å². The Labute approximate surface area is 254 Å². The van der Waals surface area contributed by atoms with Crippen LogP contribution in [-0.4, -0.2) is 70.9 Å². The first kappa shape index (κ1) is 31.4. The van der Waals surface area contributed by atoms with Crippen molar-refractivity contribution < 1.29 is 28.8 Å². The van der Waals surface area contributed by atoms with Gasteiger partial charge in [-0.2, -0.15) is 0 Å². The summed E-state index contributed by atoms with van der Waals surface area (Å²) >= 11 is 0. The van der Waals surface area contributed by atoms with Gasteiger partial charge in [-0.3, -0.25) is 24.0 Å². The molecule has 1 heterocycles. The number of likely N-dealkylation sites (tertiary alicyclic amines) is 1. The molecule has 1 saturated heterocycles. The van der Waals surface area contributed by atoms with E-state index in [4.69, 9.17) is 5.73 Å². The minimum absolute atomic E-state index is 0.00933. The molecule has 238 valence electrons. The number of ketones is 2. The highest BCUT2D eigenvalue weighted by atomic mass is 16.2. The van der Waals surface area contributed by atoms with Gasteiger partial charge in [-0.25, -0.2) is 4.79 Å². The minimum atomic E-state index is -1.09. The smallest absolute Gasteiger partial charge is 0.316 e. The lowest BCUT2D eigenvalue weighted by Crippen LogP contribution is -2.62. The van der Waals surface area contributed by atoms with Gasteiger partial charge in [0.25, 0.3) is 5.91 Å². The van der Waals surface area contributed by atoms with Crippen LogP contribution in [0.2, 0.25) is 0 Å². The maximum atomic E-state index is 14.2. The van der Waals surface area contributed by atoms with Crippen LogP contribution in [0.15, 0.2) is 0 Å². The summed E-state index contributed by atoms with van der Waals surface area (Å²) in [5, 5.41) is 8.59. The molecule has 5 N–H and O–H groups in total. The van der Waals surface area contributed by atoms with Gasteiger partial charge in [-0.15, -0.1) is 0 Å². The van der Waals surface area contributed by atoms with Gasteiger partial charge in [0, 0.05) is 12.5 Å². The monoisotopic (exact) mass is 599 g/mol. The molecule has 0 radical (unpaired) electrons. The average molecular weight is 600 g/mol. The normalized spacial score (nSPS) is 28.3. The molecular weight excluding hydrogens is 550 g/mol. The first-order valence-electron chi connectivity index (χ1n) is 16.2. The molecule has 1 unspecified atom stereocenters. The highest BCUT2D eigenvalue weighted by Gasteiger charge is 2.70. The molecule has 5 fully saturated rings. The second-order valence-corrected chi connectivity index (χ2v) is 15.5. The van der Waals surface area contributed by atoms with E-state index >= 15 is 0 Å². The third-order valence-corrected chi connectivity index (χ3v) is 10.7. The van der Waals surface area contributed by atoms with Crippen molar-refractivity contribution in [2.24, 2.45) is 46.2 Å². The molecule has 0 aromatic heterocycles. The van der Waals surface area contributed by atoms with Crippen molar-refractivity contribution in [3.05, 3.63) is 0 Å². The number of amides is 5. The van der Waals surface area contributed by atoms with E-state index < -0.39 is 53.2 Å². The summed E-state index contributed by atoms with van der Waals surface area (Å²) in [5.74, 6) is -2.32. The maximum absolute atomic E-state index is 14.2. The summed E-state index contributed by atoms with van der Waals surface area (Å²) in [6.07, 6.45) is 7.79. The highest BCUT2D eigenvalue weighted by molar-refractivity contribution is 6.37. The Hall–Kier alpha value is -2.98. The molecule has 5 amide bonds. The van der Waals surface area contributed by atoms with E-state index in [1.165, 1.54) is 0 Å². The molecule has 6 atom stereocenters. The zero-order chi connectivity index (χ0) is 31.4. The number of rotatable bonds is 12. The van der Waals surface area contributed by atoms with Crippen molar-refractivity contribution in [3.63, 3.8) is 0 Å². The number of hydrogen-bond acceptors (Lipinski definition) is 6. The van der Waals surface area contributed by atoms with E-state index in [2.05, 4.69) is 29.8 Å². The summed E-state index contributed by atoms with van der Waals surface area (Å²) in [5.41, 5.74) is 4.43. The lowest BCUT2D eigenvalue weighted by atomic mass is 9.85. The van der Waals surface area contributed by atoms with Crippen molar-refractivity contribution >= 4 is 35.3 Å². The molecule has 0 bridgehead atoms. The minimum Gasteiger partial charge on any atom is -0.363 e. The van der Waals surface area contributed by atoms with Crippen LogP contribution in [0.3, 0.4) is 0 Å². The van der Waals surface area contributed by atoms with Crippen LogP contribution in [0.5, 0.6) is 0 Å². The fourth-order valence-corrected chi connectivity index (χ4v) is 7.62. The number of piperidine rings is 1. The molecule has 0 aromatic rings. The number of primary amides is 1. The van der Waals surface area contributed by atoms with E-state index in [0.29, 0.717) is 13.0 Å². The Morgan fingerprint density at radius 2 is 1.53 bits per heavy atom. The van der Waals surface area contributed by atoms with Crippen LogP contribution in [-0.2, 0) is 24.0 Å². The summed E-state index contributed by atoms with van der Waals surface area (Å²) in [6.45, 7) is 10.0. The summed E-state index contributed by atoms with van der Waals surface area (Å²) < 4.78 is 0. The van der Waals surface area contributed by atoms with Gasteiger partial charge in [0.15, 0.2) is 5.78 Å². The first-order valence-corrected chi connectivity index (χ1v) is 16.2. The van der Waals surface area contributed by atoms with Gasteiger partial charge in [0.05, 0.1) is 12.1 Å². The molecule has 4 aliphatic carbocycles. The predicted molar refractivity (Wildman–Crippen MR) is 158 cm³/mol. The van der Waals surface area contributed by atoms with Crippen LogP contribution in [0, 0.1) is 40.4 Å². The van der Waals surface area contributed by atoms with E-state index in [9.17, 15) is 28.8 Å². The topological polar surface area (TPSA) is 168 Å². The van der Waals surface area contributed by atoms with Gasteiger partial charge < -0.3 is 26.6 Å². The molecule has 43 heavy (non-hydrogen) atoms. The number of carbonyl (C=O) groups is 6. The highest BCUT2D eigenvalue weighted by Crippen LogP contribution is 2.65. The molecule has 5 rings (SSSR count). The Balaban J connectivity index is 1.32. The fourth-order valence-electron chi connectivity index (χ4n) is 7.62. The van der Waals surface area contributed by atoms with Crippen molar-refractivity contribution in [3.8, 4) is 0 Å². The third kappa shape index (κ3) is 6.60. The standard InChI is InChI=1S/C32H49N5O6/c1-31(2,3)26(36-30(43)35-22(17-8-6-7-9-17)24(38)18-12-13-18)29(42)37-15-19-21(32(19,4)5)23(37)28(41)34-20(14-16-10-11-16)25(39)27(33)40/h16-23,26H,6-15H2,1-5H3,(H2,33,40)(H,34,41)(H2,35,36,43)/t19-,20?,21-,22-,23-,26+/m0/s1. The summed E-state index contributed by atoms with van der Waals surface area (Å²) in [4.78, 5) is 80.4. The maximum Gasteiger partial charge on any atom is 0.316 e. The zero-order valence-corrected chi connectivity index (χ0v) is 26.2. The number of carbonyl (C=O) groups excluding carboxylic acids is 6. The summed E-state index contributed by atoms with van der Waals surface area (Å²) in [7, 11) is 0. The van der Waals surface area contributed by atoms with Crippen LogP contribution in [0.1, 0.15) is 92.4 Å². The van der Waals surface area contributed by atoms with Crippen molar-refractivity contribution in [1.29, 1.82) is 0 Å². The second kappa shape index (κ2) is 11.5. The largest absolute Gasteiger partial charge is 0.363 e. The van der Waals surface area contributed by atoms with E-state index in [-0.39, 0.29) is 46.7 Å². The predicted octanol–water partition coefficient (Wildman–Crippen LogP) is 2.06. The Morgan fingerprint density at radius 1 is 0.907 bits per heavy atom. The van der Waals surface area contributed by atoms with Crippen molar-refractivity contribution in [2.45, 2.75) is 117 Å². The Morgan fingerprint density at radius 3 is 2.07 bits per heavy atom. The Kier molecular flexibility index (Phi) is 8.41. The van der Waals surface area contributed by atoms with E-state index in [1.807, 2.05) is 20.8 Å². The van der Waals surface area contributed by atoms with E-state index in [1.54, 1.807) is 4.90 Å². The number of nitrogens with zero attached hydrogens (tertiary/aromatic N) is 1. The average Bonchev–Trinajstić information content (AvgIpc) is 3.89. The number of urea groups is 1. The first-order chi connectivity index (χ1) is 20.1. The number of nitrogens with one attached hydrogen (secondary N) is 3. The lowest BCUT2D eigenvalue weighted by molar-refractivity contribution is -0.145. The molecule has 4 saturated carbocycles. The fraction of sp³-hybridized carbons (Fsp3) is 0.812. The molecule has 0 spiro atoms. The van der Waals surface area contributed by atoms with Crippen LogP contribution < -0.4 is 21.7 Å². The summed E-state index contributed by atoms with van der Waals surface area (Å²) in [6, 6.07) is -3.93. The van der Waals surface area contributed by atoms with Crippen LogP contribution in [0.4, 0.5) is 4.79 Å². The van der Waals surface area contributed by atoms with Gasteiger partial charge in [0.1, 0.15) is 12.1 Å². The number of hydrogen-bond donors (Lipinski definition) is 4. The quantitative estimate of drug-likeness (QED) is 0.251. The van der Waals surface area contributed by atoms with Gasteiger partial charge in [-0.1, -0.05) is 60.3 Å². The number of Topliss-reactive ketones (excluding diaryl/α,β-unsaturated/α-hetero) is 2. The van der Waals surface area contributed by atoms with Crippen LogP contribution >= 0.6 is 0 Å². The van der Waals surface area contributed by atoms with Gasteiger partial charge >= 0.3 is 6.03 Å². The van der Waals surface area contributed by atoms with Crippen molar-refractivity contribution in [1.82, 2.24) is 20.9 Å². The van der Waals surface area contributed by atoms with E-state index in [0.717, 1.165) is 51.4 Å². The molecule has 1 aliphatic heterocycles. The molecule has 5 aliphatic rings. The Bertz CT molecular complexity index is 1180. The zero-order valence-electron chi connectivity index (χ0n) is 26.2.